The highest BCUT2D eigenvalue weighted by Crippen LogP contribution is 2.44. The predicted molar refractivity (Wildman–Crippen MR) is 157 cm³/mol. The Balaban J connectivity index is 1.76. The van der Waals surface area contributed by atoms with Gasteiger partial charge in [0.15, 0.2) is 11.5 Å². The number of fused-ring (bicyclic) bond motifs is 1. The van der Waals surface area contributed by atoms with E-state index in [2.05, 4.69) is 30.7 Å². The lowest BCUT2D eigenvalue weighted by Crippen LogP contribution is -2.30. The molecule has 2 heterocycles. The highest BCUT2D eigenvalue weighted by atomic mass is 16.5. The van der Waals surface area contributed by atoms with Gasteiger partial charge in [-0.2, -0.15) is 0 Å². The number of amides is 1. The van der Waals surface area contributed by atoms with Crippen LogP contribution in [0, 0.1) is 6.92 Å². The summed E-state index contributed by atoms with van der Waals surface area (Å²) >= 11 is 0. The third-order valence-corrected chi connectivity index (χ3v) is 7.33. The highest BCUT2D eigenvalue weighted by Gasteiger charge is 2.48. The zero-order chi connectivity index (χ0) is 29.6. The van der Waals surface area contributed by atoms with Crippen LogP contribution in [-0.2, 0) is 15.0 Å². The van der Waals surface area contributed by atoms with Crippen molar-refractivity contribution in [1.29, 1.82) is 0 Å². The Kier molecular flexibility index (Phi) is 6.98. The summed E-state index contributed by atoms with van der Waals surface area (Å²) in [6, 6.07) is 15.4. The quantitative estimate of drug-likeness (QED) is 0.175. The van der Waals surface area contributed by atoms with Gasteiger partial charge in [0.1, 0.15) is 11.5 Å². The highest BCUT2D eigenvalue weighted by molar-refractivity contribution is 6.51. The molecular formula is C32H33N3O6. The summed E-state index contributed by atoms with van der Waals surface area (Å²) in [5.41, 5.74) is 3.65. The molecule has 1 aliphatic rings. The molecule has 1 fully saturated rings. The Morgan fingerprint density at radius 3 is 2.24 bits per heavy atom. The maximum absolute atomic E-state index is 13.7. The molecule has 1 aliphatic heterocycles. The third kappa shape index (κ3) is 4.77. The summed E-state index contributed by atoms with van der Waals surface area (Å²) in [5, 5.41) is 11.8. The maximum Gasteiger partial charge on any atom is 0.302 e. The fraction of sp³-hybridized carbons (Fsp3) is 0.281. The lowest BCUT2D eigenvalue weighted by atomic mass is 9.85. The molecule has 2 N–H and O–H groups in total. The summed E-state index contributed by atoms with van der Waals surface area (Å²) in [4.78, 5) is 36.5. The van der Waals surface area contributed by atoms with Crippen molar-refractivity contribution in [2.45, 2.75) is 39.2 Å². The molecule has 41 heavy (non-hydrogen) atoms. The van der Waals surface area contributed by atoms with Gasteiger partial charge in [-0.3, -0.25) is 14.5 Å². The lowest BCUT2D eigenvalue weighted by Gasteiger charge is -2.24. The average molecular weight is 556 g/mol. The van der Waals surface area contributed by atoms with Crippen molar-refractivity contribution in [2.24, 2.45) is 0 Å². The van der Waals surface area contributed by atoms with Crippen LogP contribution in [0.25, 0.3) is 16.8 Å². The number of benzene rings is 3. The number of Topliss-reactive ketones (excluding diaryl/α,β-unsaturated/α-hetero) is 1. The van der Waals surface area contributed by atoms with Crippen molar-refractivity contribution in [3.05, 3.63) is 82.4 Å². The van der Waals surface area contributed by atoms with Gasteiger partial charge in [0.2, 0.25) is 5.95 Å². The average Bonchev–Trinajstić information content (AvgIpc) is 3.48. The molecule has 0 saturated carbocycles. The number of methoxy groups -OCH3 is 3. The van der Waals surface area contributed by atoms with E-state index in [-0.39, 0.29) is 22.7 Å². The number of ketones is 1. The van der Waals surface area contributed by atoms with E-state index in [9.17, 15) is 14.7 Å². The number of aliphatic hydroxyl groups excluding tert-OH is 1. The number of aliphatic hydroxyl groups is 1. The zero-order valence-corrected chi connectivity index (χ0v) is 24.2. The molecule has 1 amide bonds. The van der Waals surface area contributed by atoms with E-state index in [1.54, 1.807) is 24.3 Å². The second-order valence-electron chi connectivity index (χ2n) is 11.0. The molecule has 1 atom stereocenters. The van der Waals surface area contributed by atoms with E-state index in [4.69, 9.17) is 14.2 Å². The number of carbonyl (C=O) groups excluding carboxylic acids is 2. The number of aromatic nitrogens is 2. The Morgan fingerprint density at radius 1 is 0.927 bits per heavy atom. The Morgan fingerprint density at radius 2 is 1.61 bits per heavy atom. The molecule has 212 valence electrons. The number of aryl methyl sites for hydroxylation is 1. The van der Waals surface area contributed by atoms with Crippen molar-refractivity contribution in [2.75, 3.05) is 26.2 Å². The van der Waals surface area contributed by atoms with Crippen LogP contribution in [0.15, 0.2) is 60.2 Å². The van der Waals surface area contributed by atoms with Gasteiger partial charge in [0, 0.05) is 12.1 Å². The van der Waals surface area contributed by atoms with Gasteiger partial charge in [0.05, 0.1) is 49.5 Å². The molecule has 1 unspecified atom stereocenters. The van der Waals surface area contributed by atoms with Crippen LogP contribution in [0.2, 0.25) is 0 Å². The number of anilines is 1. The molecule has 0 bridgehead atoms. The van der Waals surface area contributed by atoms with Crippen LogP contribution < -0.4 is 19.1 Å². The summed E-state index contributed by atoms with van der Waals surface area (Å²) in [7, 11) is 4.55. The van der Waals surface area contributed by atoms with E-state index in [0.717, 1.165) is 11.1 Å². The Hall–Kier alpha value is -4.79. The smallest absolute Gasteiger partial charge is 0.302 e. The molecule has 0 radical (unpaired) electrons. The lowest BCUT2D eigenvalue weighted by molar-refractivity contribution is -0.132. The van der Waals surface area contributed by atoms with Crippen molar-refractivity contribution in [1.82, 2.24) is 9.97 Å². The number of ether oxygens (including phenoxy) is 3. The van der Waals surface area contributed by atoms with Crippen LogP contribution in [0.5, 0.6) is 17.2 Å². The molecule has 1 aromatic heterocycles. The molecule has 9 nitrogen and oxygen atoms in total. The van der Waals surface area contributed by atoms with Crippen molar-refractivity contribution in [3.63, 3.8) is 0 Å². The minimum absolute atomic E-state index is 0.0550. The Bertz CT molecular complexity index is 1670. The van der Waals surface area contributed by atoms with Gasteiger partial charge >= 0.3 is 5.91 Å². The van der Waals surface area contributed by atoms with Gasteiger partial charge in [-0.05, 0) is 35.6 Å². The molecule has 4 aromatic rings. The predicted octanol–water partition coefficient (Wildman–Crippen LogP) is 5.82. The van der Waals surface area contributed by atoms with Gasteiger partial charge < -0.3 is 24.3 Å². The number of carbonyl (C=O) groups is 2. The molecule has 1 saturated heterocycles. The van der Waals surface area contributed by atoms with Gasteiger partial charge in [0.25, 0.3) is 5.78 Å². The first-order valence-electron chi connectivity index (χ1n) is 13.2. The van der Waals surface area contributed by atoms with Gasteiger partial charge in [-0.25, -0.2) is 4.98 Å². The number of aromatic amines is 1. The standard InChI is InChI=1S/C32H33N3O6/c1-17-9-8-10-18(13-17)27-26(28(36)20-14-19(32(2,3)4)11-12-23(20)39-5)29(37)30(38)35(27)31-33-21-15-24(40-6)25(41-7)16-22(21)34-31/h8-16,27,36H,1-7H3,(H,33,34)/b28-26+. The first-order chi connectivity index (χ1) is 19.5. The van der Waals surface area contributed by atoms with Crippen LogP contribution in [0.1, 0.15) is 49.1 Å². The third-order valence-electron chi connectivity index (χ3n) is 7.33. The Labute approximate surface area is 238 Å². The summed E-state index contributed by atoms with van der Waals surface area (Å²) in [5.74, 6) is -0.472. The first kappa shape index (κ1) is 27.8. The molecule has 0 aliphatic carbocycles. The van der Waals surface area contributed by atoms with Crippen molar-refractivity contribution >= 4 is 34.4 Å². The minimum Gasteiger partial charge on any atom is -0.507 e. The second kappa shape index (κ2) is 10.3. The summed E-state index contributed by atoms with van der Waals surface area (Å²) in [6.07, 6.45) is 0. The number of imidazole rings is 1. The molecule has 9 heteroatoms. The normalized spacial score (nSPS) is 16.9. The maximum atomic E-state index is 13.7. The van der Waals surface area contributed by atoms with E-state index in [0.29, 0.717) is 39.4 Å². The topological polar surface area (TPSA) is 114 Å². The van der Waals surface area contributed by atoms with Crippen LogP contribution >= 0.6 is 0 Å². The van der Waals surface area contributed by atoms with Gasteiger partial charge in [-0.1, -0.05) is 56.7 Å². The fourth-order valence-electron chi connectivity index (χ4n) is 5.15. The van der Waals surface area contributed by atoms with E-state index < -0.39 is 17.7 Å². The number of hydrogen-bond donors (Lipinski definition) is 2. The van der Waals surface area contributed by atoms with E-state index >= 15 is 0 Å². The monoisotopic (exact) mass is 555 g/mol. The second-order valence-corrected chi connectivity index (χ2v) is 11.0. The molecule has 0 spiro atoms. The number of nitrogens with one attached hydrogen (secondary N) is 1. The van der Waals surface area contributed by atoms with Crippen LogP contribution in [0.4, 0.5) is 5.95 Å². The minimum atomic E-state index is -0.956. The number of nitrogens with zero attached hydrogens (tertiary/aromatic N) is 2. The molecule has 5 rings (SSSR count). The van der Waals surface area contributed by atoms with Crippen LogP contribution in [0.3, 0.4) is 0 Å². The first-order valence-corrected chi connectivity index (χ1v) is 13.2. The molecule has 3 aromatic carbocycles. The number of rotatable bonds is 6. The number of H-pyrrole nitrogens is 1. The zero-order valence-electron chi connectivity index (χ0n) is 24.2. The fourth-order valence-corrected chi connectivity index (χ4v) is 5.15. The van der Waals surface area contributed by atoms with Crippen molar-refractivity contribution in [3.8, 4) is 17.2 Å². The summed E-state index contributed by atoms with van der Waals surface area (Å²) in [6.45, 7) is 8.08. The van der Waals surface area contributed by atoms with Crippen molar-refractivity contribution < 1.29 is 28.9 Å². The van der Waals surface area contributed by atoms with Crippen LogP contribution in [-0.4, -0.2) is 48.1 Å². The SMILES string of the molecule is COc1cc2nc(N3C(=O)C(=O)/C(=C(/O)c4cc(C(C)(C)C)ccc4OC)C3c3cccc(C)c3)[nH]c2cc1OC. The van der Waals surface area contributed by atoms with Gasteiger partial charge in [-0.15, -0.1) is 0 Å². The largest absolute Gasteiger partial charge is 0.507 e. The summed E-state index contributed by atoms with van der Waals surface area (Å²) < 4.78 is 16.4. The van der Waals surface area contributed by atoms with E-state index in [1.165, 1.54) is 26.2 Å². The number of hydrogen-bond acceptors (Lipinski definition) is 7. The van der Waals surface area contributed by atoms with E-state index in [1.807, 2.05) is 37.3 Å². The molecular weight excluding hydrogens is 522 g/mol.